The molecule has 0 bridgehead atoms. The number of aryl methyl sites for hydroxylation is 2. The molecular formula is C33H28N4O5S. The number of esters is 1. The maximum absolute atomic E-state index is 14.1. The second kappa shape index (κ2) is 11.5. The molecule has 0 spiro atoms. The fourth-order valence-corrected chi connectivity index (χ4v) is 5.89. The van der Waals surface area contributed by atoms with Crippen LogP contribution in [0.25, 0.3) is 11.4 Å². The van der Waals surface area contributed by atoms with Gasteiger partial charge in [0.25, 0.3) is 11.1 Å². The number of rotatable bonds is 8. The molecule has 0 aliphatic rings. The summed E-state index contributed by atoms with van der Waals surface area (Å²) in [4.78, 5) is 41.3. The highest BCUT2D eigenvalue weighted by molar-refractivity contribution is 7.12. The summed E-state index contributed by atoms with van der Waals surface area (Å²) in [7, 11) is 1.48. The average Bonchev–Trinajstić information content (AvgIpc) is 3.74. The van der Waals surface area contributed by atoms with Gasteiger partial charge >= 0.3 is 5.97 Å². The molecule has 2 N–H and O–H groups in total. The molecule has 0 radical (unpaired) electrons. The minimum Gasteiger partial charge on any atom is -0.493 e. The van der Waals surface area contributed by atoms with Crippen LogP contribution in [0.5, 0.6) is 11.5 Å². The zero-order valence-electron chi connectivity index (χ0n) is 23.7. The van der Waals surface area contributed by atoms with E-state index in [1.165, 1.54) is 27.8 Å². The Morgan fingerprint density at radius 2 is 1.30 bits per heavy atom. The van der Waals surface area contributed by atoms with E-state index in [2.05, 4.69) is 10.2 Å². The van der Waals surface area contributed by atoms with Crippen molar-refractivity contribution < 1.29 is 14.3 Å². The third kappa shape index (κ3) is 5.13. The first kappa shape index (κ1) is 27.8. The van der Waals surface area contributed by atoms with Crippen LogP contribution in [0.3, 0.4) is 0 Å². The van der Waals surface area contributed by atoms with Crippen LogP contribution in [0.1, 0.15) is 43.7 Å². The first-order valence-corrected chi connectivity index (χ1v) is 14.4. The molecule has 0 fully saturated rings. The van der Waals surface area contributed by atoms with Crippen molar-refractivity contribution in [1.29, 1.82) is 0 Å². The van der Waals surface area contributed by atoms with Gasteiger partial charge in [-0.05, 0) is 67.3 Å². The molecule has 10 heteroatoms. The topological polar surface area (TPSA) is 111 Å². The second-order valence-electron chi connectivity index (χ2n) is 9.96. The summed E-state index contributed by atoms with van der Waals surface area (Å²) >= 11 is 1.28. The van der Waals surface area contributed by atoms with Gasteiger partial charge in [-0.1, -0.05) is 48.5 Å². The molecule has 0 aliphatic carbocycles. The van der Waals surface area contributed by atoms with Crippen LogP contribution in [-0.4, -0.2) is 32.6 Å². The van der Waals surface area contributed by atoms with E-state index in [1.54, 1.807) is 35.7 Å². The number of para-hydroxylation sites is 2. The van der Waals surface area contributed by atoms with Gasteiger partial charge in [-0.3, -0.25) is 19.8 Å². The molecule has 6 aromatic rings. The lowest BCUT2D eigenvalue weighted by Crippen LogP contribution is -2.25. The fraction of sp³-hybridized carbons (Fsp3) is 0.121. The highest BCUT2D eigenvalue weighted by Crippen LogP contribution is 2.37. The van der Waals surface area contributed by atoms with E-state index in [-0.39, 0.29) is 16.9 Å². The molecule has 3 heterocycles. The van der Waals surface area contributed by atoms with Gasteiger partial charge in [0.1, 0.15) is 4.88 Å². The van der Waals surface area contributed by atoms with Gasteiger partial charge in [0, 0.05) is 17.3 Å². The maximum Gasteiger partial charge on any atom is 0.353 e. The van der Waals surface area contributed by atoms with Gasteiger partial charge in [0.15, 0.2) is 11.5 Å². The van der Waals surface area contributed by atoms with Crippen molar-refractivity contribution in [3.63, 3.8) is 0 Å². The molecule has 0 unspecified atom stereocenters. The number of methoxy groups -OCH3 is 1. The first-order chi connectivity index (χ1) is 20.9. The van der Waals surface area contributed by atoms with Crippen LogP contribution < -0.4 is 20.6 Å². The number of hydrogen-bond donors (Lipinski definition) is 2. The van der Waals surface area contributed by atoms with E-state index >= 15 is 0 Å². The van der Waals surface area contributed by atoms with Crippen LogP contribution in [0.2, 0.25) is 0 Å². The van der Waals surface area contributed by atoms with Gasteiger partial charge in [-0.25, -0.2) is 14.2 Å². The van der Waals surface area contributed by atoms with Crippen molar-refractivity contribution in [2.45, 2.75) is 19.8 Å². The van der Waals surface area contributed by atoms with E-state index in [0.717, 1.165) is 0 Å². The number of nitrogens with one attached hydrogen (secondary N) is 2. The van der Waals surface area contributed by atoms with Gasteiger partial charge in [-0.15, -0.1) is 11.3 Å². The number of hydrogen-bond acceptors (Lipinski definition) is 6. The Hall–Kier alpha value is -5.35. The molecule has 6 rings (SSSR count). The molecule has 0 atom stereocenters. The molecular weight excluding hydrogens is 564 g/mol. The van der Waals surface area contributed by atoms with Crippen LogP contribution >= 0.6 is 11.3 Å². The van der Waals surface area contributed by atoms with Crippen LogP contribution in [-0.2, 0) is 0 Å². The quantitative estimate of drug-likeness (QED) is 0.173. The Morgan fingerprint density at radius 3 is 1.79 bits per heavy atom. The van der Waals surface area contributed by atoms with E-state index in [1.807, 2.05) is 74.5 Å². The van der Waals surface area contributed by atoms with Crippen LogP contribution in [0.15, 0.2) is 106 Å². The molecule has 3 aromatic carbocycles. The van der Waals surface area contributed by atoms with E-state index in [4.69, 9.17) is 9.47 Å². The Labute approximate surface area is 250 Å². The van der Waals surface area contributed by atoms with Gasteiger partial charge in [0.05, 0.1) is 29.6 Å². The van der Waals surface area contributed by atoms with Crippen molar-refractivity contribution >= 4 is 17.3 Å². The number of aromatic amines is 2. The third-order valence-electron chi connectivity index (χ3n) is 7.29. The highest BCUT2D eigenvalue weighted by atomic mass is 32.1. The standard InChI is InChI=1S/C33H28N4O5S/c1-20-28(31(38)36(34-20)23-11-6-4-7-12-23)30(29-21(2)35-37(32(29)39)24-13-8-5-9-14-24)22-16-17-25(26(19-22)41-3)42-33(40)27-15-10-18-43-27/h4-19,30,34-35H,1-3H3. The van der Waals surface area contributed by atoms with Crippen LogP contribution in [0, 0.1) is 13.8 Å². The summed E-state index contributed by atoms with van der Waals surface area (Å²) in [5.41, 5.74) is 3.42. The third-order valence-corrected chi connectivity index (χ3v) is 8.14. The number of thiophene rings is 1. The molecule has 3 aromatic heterocycles. The van der Waals surface area contributed by atoms with E-state index in [0.29, 0.717) is 50.1 Å². The number of carbonyl (C=O) groups is 1. The summed E-state index contributed by atoms with van der Waals surface area (Å²) < 4.78 is 14.2. The Balaban J connectivity index is 1.54. The minimum atomic E-state index is -0.779. The van der Waals surface area contributed by atoms with Crippen molar-refractivity contribution in [1.82, 2.24) is 19.6 Å². The molecule has 0 saturated heterocycles. The zero-order chi connectivity index (χ0) is 30.1. The zero-order valence-corrected chi connectivity index (χ0v) is 24.5. The van der Waals surface area contributed by atoms with Crippen molar-refractivity contribution in [2.24, 2.45) is 0 Å². The Bertz CT molecular complexity index is 1920. The second-order valence-corrected chi connectivity index (χ2v) is 10.9. The Kier molecular flexibility index (Phi) is 7.43. The van der Waals surface area contributed by atoms with Gasteiger partial charge in [0.2, 0.25) is 0 Å². The van der Waals surface area contributed by atoms with Crippen LogP contribution in [0.4, 0.5) is 0 Å². The fourth-order valence-electron chi connectivity index (χ4n) is 5.29. The number of H-pyrrole nitrogens is 2. The number of aromatic nitrogens is 4. The summed E-state index contributed by atoms with van der Waals surface area (Å²) in [5.74, 6) is -0.764. The maximum atomic E-state index is 14.1. The predicted octanol–water partition coefficient (Wildman–Crippen LogP) is 5.73. The largest absolute Gasteiger partial charge is 0.493 e. The SMILES string of the molecule is COc1cc(C(c2c(C)[nH]n(-c3ccccc3)c2=O)c2c(C)[nH]n(-c3ccccc3)c2=O)ccc1OC(=O)c1cccs1. The number of benzene rings is 3. The first-order valence-electron chi connectivity index (χ1n) is 13.5. The monoisotopic (exact) mass is 592 g/mol. The lowest BCUT2D eigenvalue weighted by atomic mass is 9.85. The molecule has 0 saturated carbocycles. The smallest absolute Gasteiger partial charge is 0.353 e. The summed E-state index contributed by atoms with van der Waals surface area (Å²) in [6.07, 6.45) is 0. The number of nitrogens with zero attached hydrogens (tertiary/aromatic N) is 2. The van der Waals surface area contributed by atoms with E-state index in [9.17, 15) is 14.4 Å². The normalized spacial score (nSPS) is 11.2. The van der Waals surface area contributed by atoms with Gasteiger partial charge < -0.3 is 9.47 Å². The van der Waals surface area contributed by atoms with Crippen molar-refractivity contribution in [3.05, 3.63) is 150 Å². The van der Waals surface area contributed by atoms with Crippen molar-refractivity contribution in [2.75, 3.05) is 7.11 Å². The lowest BCUT2D eigenvalue weighted by Gasteiger charge is -2.18. The molecule has 43 heavy (non-hydrogen) atoms. The minimum absolute atomic E-state index is 0.225. The lowest BCUT2D eigenvalue weighted by molar-refractivity contribution is 0.0734. The summed E-state index contributed by atoms with van der Waals surface area (Å²) in [6.45, 7) is 3.63. The average molecular weight is 593 g/mol. The molecule has 0 aliphatic heterocycles. The van der Waals surface area contributed by atoms with Crippen molar-refractivity contribution in [3.8, 4) is 22.9 Å². The van der Waals surface area contributed by atoms with Gasteiger partial charge in [-0.2, -0.15) is 0 Å². The number of ether oxygens (including phenoxy) is 2. The summed E-state index contributed by atoms with van der Waals surface area (Å²) in [5, 5.41) is 8.18. The molecule has 216 valence electrons. The summed E-state index contributed by atoms with van der Waals surface area (Å²) in [6, 6.07) is 27.0. The predicted molar refractivity (Wildman–Crippen MR) is 165 cm³/mol. The molecule has 0 amide bonds. The number of carbonyl (C=O) groups excluding carboxylic acids is 1. The Morgan fingerprint density at radius 1 is 0.744 bits per heavy atom. The highest BCUT2D eigenvalue weighted by Gasteiger charge is 2.31. The van der Waals surface area contributed by atoms with E-state index < -0.39 is 11.9 Å². The molecule has 9 nitrogen and oxygen atoms in total.